The van der Waals surface area contributed by atoms with Gasteiger partial charge in [-0.15, -0.1) is 0 Å². The van der Waals surface area contributed by atoms with Crippen LogP contribution < -0.4 is 0 Å². The molecule has 0 aromatic carbocycles. The SMILES string of the molecule is CCN1CCCN1C(C)(C)CCC(C)(C)C1CCCN1C(C)(C)C. The molecule has 1 atom stereocenters. The molecule has 2 heterocycles. The van der Waals surface area contributed by atoms with E-state index in [1.807, 2.05) is 0 Å². The first kappa shape index (κ1) is 20.2. The van der Waals surface area contributed by atoms with Gasteiger partial charge in [-0.05, 0) is 78.7 Å². The average molecular weight is 338 g/mol. The molecule has 24 heavy (non-hydrogen) atoms. The Bertz CT molecular complexity index is 408. The molecular weight excluding hydrogens is 294 g/mol. The number of hydrogen-bond acceptors (Lipinski definition) is 3. The third-order valence-corrected chi connectivity index (χ3v) is 6.59. The first-order valence-corrected chi connectivity index (χ1v) is 10.3. The van der Waals surface area contributed by atoms with Crippen molar-refractivity contribution in [2.75, 3.05) is 26.2 Å². The van der Waals surface area contributed by atoms with Crippen molar-refractivity contribution in [3.05, 3.63) is 0 Å². The summed E-state index contributed by atoms with van der Waals surface area (Å²) in [7, 11) is 0. The van der Waals surface area contributed by atoms with Crippen molar-refractivity contribution >= 4 is 0 Å². The summed E-state index contributed by atoms with van der Waals surface area (Å²) in [5.74, 6) is 0. The molecule has 2 aliphatic heterocycles. The fraction of sp³-hybridized carbons (Fsp3) is 1.00. The van der Waals surface area contributed by atoms with Crippen LogP contribution in [0.2, 0.25) is 0 Å². The van der Waals surface area contributed by atoms with Crippen LogP contribution in [-0.2, 0) is 0 Å². The molecule has 0 saturated carbocycles. The summed E-state index contributed by atoms with van der Waals surface area (Å²) < 4.78 is 0. The zero-order valence-electron chi connectivity index (χ0n) is 17.8. The second-order valence-corrected chi connectivity index (χ2v) is 10.3. The molecule has 0 aromatic heterocycles. The van der Waals surface area contributed by atoms with Crippen LogP contribution >= 0.6 is 0 Å². The fourth-order valence-corrected chi connectivity index (χ4v) is 4.99. The maximum Gasteiger partial charge on any atom is 0.0300 e. The van der Waals surface area contributed by atoms with Crippen molar-refractivity contribution in [2.45, 2.75) is 105 Å². The molecule has 0 radical (unpaired) electrons. The van der Waals surface area contributed by atoms with Gasteiger partial charge in [-0.3, -0.25) is 4.90 Å². The highest BCUT2D eigenvalue weighted by Gasteiger charge is 2.43. The zero-order chi connectivity index (χ0) is 18.2. The molecule has 2 fully saturated rings. The molecule has 0 bridgehead atoms. The highest BCUT2D eigenvalue weighted by atomic mass is 15.7. The minimum Gasteiger partial charge on any atom is -0.295 e. The smallest absolute Gasteiger partial charge is 0.0300 e. The van der Waals surface area contributed by atoms with Crippen molar-refractivity contribution in [1.29, 1.82) is 0 Å². The molecule has 1 unspecified atom stereocenters. The van der Waals surface area contributed by atoms with Gasteiger partial charge in [0.1, 0.15) is 0 Å². The molecule has 142 valence electrons. The highest BCUT2D eigenvalue weighted by molar-refractivity contribution is 4.97. The van der Waals surface area contributed by atoms with E-state index in [1.54, 1.807) is 0 Å². The predicted octanol–water partition coefficient (Wildman–Crippen LogP) is 4.78. The van der Waals surface area contributed by atoms with Crippen LogP contribution in [0.3, 0.4) is 0 Å². The molecule has 0 spiro atoms. The zero-order valence-corrected chi connectivity index (χ0v) is 17.8. The van der Waals surface area contributed by atoms with Crippen LogP contribution in [-0.4, -0.2) is 58.2 Å². The molecule has 0 aromatic rings. The van der Waals surface area contributed by atoms with Gasteiger partial charge < -0.3 is 0 Å². The van der Waals surface area contributed by atoms with Crippen molar-refractivity contribution in [1.82, 2.24) is 14.9 Å². The number of hydrazine groups is 1. The first-order valence-electron chi connectivity index (χ1n) is 10.3. The van der Waals surface area contributed by atoms with E-state index in [-0.39, 0.29) is 5.54 Å². The lowest BCUT2D eigenvalue weighted by Gasteiger charge is -2.47. The first-order chi connectivity index (χ1) is 11.0. The summed E-state index contributed by atoms with van der Waals surface area (Å²) in [5.41, 5.74) is 0.953. The highest BCUT2D eigenvalue weighted by Crippen LogP contribution is 2.42. The van der Waals surface area contributed by atoms with Gasteiger partial charge in [-0.1, -0.05) is 20.8 Å². The van der Waals surface area contributed by atoms with E-state index in [9.17, 15) is 0 Å². The molecular formula is C21H43N3. The van der Waals surface area contributed by atoms with Gasteiger partial charge in [0, 0.05) is 36.8 Å². The lowest BCUT2D eigenvalue weighted by molar-refractivity contribution is -0.0636. The van der Waals surface area contributed by atoms with Crippen molar-refractivity contribution in [3.63, 3.8) is 0 Å². The van der Waals surface area contributed by atoms with E-state index in [0.29, 0.717) is 11.0 Å². The largest absolute Gasteiger partial charge is 0.295 e. The Kier molecular flexibility index (Phi) is 6.10. The Morgan fingerprint density at radius 3 is 2.08 bits per heavy atom. The quantitative estimate of drug-likeness (QED) is 0.691. The monoisotopic (exact) mass is 337 g/mol. The van der Waals surface area contributed by atoms with E-state index in [0.717, 1.165) is 12.6 Å². The van der Waals surface area contributed by atoms with Crippen LogP contribution in [0.1, 0.15) is 87.5 Å². The van der Waals surface area contributed by atoms with Crippen molar-refractivity contribution in [3.8, 4) is 0 Å². The molecule has 0 N–H and O–H groups in total. The topological polar surface area (TPSA) is 9.72 Å². The fourth-order valence-electron chi connectivity index (χ4n) is 4.99. The lowest BCUT2D eigenvalue weighted by Crippen LogP contribution is -2.53. The predicted molar refractivity (Wildman–Crippen MR) is 105 cm³/mol. The van der Waals surface area contributed by atoms with Gasteiger partial charge in [-0.2, -0.15) is 0 Å². The summed E-state index contributed by atoms with van der Waals surface area (Å²) in [5, 5.41) is 5.21. The van der Waals surface area contributed by atoms with Gasteiger partial charge in [-0.25, -0.2) is 10.0 Å². The maximum absolute atomic E-state index is 2.77. The summed E-state index contributed by atoms with van der Waals surface area (Å²) in [6, 6.07) is 0.731. The summed E-state index contributed by atoms with van der Waals surface area (Å²) in [6.45, 7) is 24.3. The lowest BCUT2D eigenvalue weighted by atomic mass is 9.75. The molecule has 3 nitrogen and oxygen atoms in total. The van der Waals surface area contributed by atoms with Crippen LogP contribution in [0.5, 0.6) is 0 Å². The summed E-state index contributed by atoms with van der Waals surface area (Å²) in [6.07, 6.45) is 6.65. The molecule has 0 aliphatic carbocycles. The normalized spacial score (nSPS) is 25.8. The number of likely N-dealkylation sites (tertiary alicyclic amines) is 1. The standard InChI is InChI=1S/C21H43N3/c1-9-22-15-11-17-24(22)21(7,8)14-13-20(5,6)18-12-10-16-23(18)19(2,3)4/h18H,9-17H2,1-8H3. The molecule has 2 aliphatic rings. The summed E-state index contributed by atoms with van der Waals surface area (Å²) in [4.78, 5) is 2.77. The maximum atomic E-state index is 2.77. The number of rotatable bonds is 6. The van der Waals surface area contributed by atoms with Gasteiger partial charge in [0.05, 0.1) is 0 Å². The Labute approximate surface area is 151 Å². The molecule has 3 heteroatoms. The minimum atomic E-state index is 0.273. The van der Waals surface area contributed by atoms with Gasteiger partial charge in [0.15, 0.2) is 0 Å². The Balaban J connectivity index is 2.01. The molecule has 2 rings (SSSR count). The average Bonchev–Trinajstić information content (AvgIpc) is 3.13. The van der Waals surface area contributed by atoms with Crippen LogP contribution in [0, 0.1) is 5.41 Å². The Morgan fingerprint density at radius 2 is 1.50 bits per heavy atom. The van der Waals surface area contributed by atoms with Crippen LogP contribution in [0.25, 0.3) is 0 Å². The van der Waals surface area contributed by atoms with Crippen LogP contribution in [0.4, 0.5) is 0 Å². The van der Waals surface area contributed by atoms with Crippen molar-refractivity contribution < 1.29 is 0 Å². The van der Waals surface area contributed by atoms with Crippen molar-refractivity contribution in [2.24, 2.45) is 5.41 Å². The summed E-state index contributed by atoms with van der Waals surface area (Å²) >= 11 is 0. The van der Waals surface area contributed by atoms with E-state index < -0.39 is 0 Å². The number of hydrogen-bond donors (Lipinski definition) is 0. The van der Waals surface area contributed by atoms with E-state index in [1.165, 1.54) is 51.7 Å². The third kappa shape index (κ3) is 4.34. The molecule has 2 saturated heterocycles. The third-order valence-electron chi connectivity index (χ3n) is 6.59. The van der Waals surface area contributed by atoms with E-state index in [2.05, 4.69) is 70.3 Å². The van der Waals surface area contributed by atoms with Gasteiger partial charge in [0.2, 0.25) is 0 Å². The number of nitrogens with zero attached hydrogens (tertiary/aromatic N) is 3. The molecule has 0 amide bonds. The minimum absolute atomic E-state index is 0.273. The van der Waals surface area contributed by atoms with Crippen LogP contribution in [0.15, 0.2) is 0 Å². The Morgan fingerprint density at radius 1 is 0.833 bits per heavy atom. The van der Waals surface area contributed by atoms with Gasteiger partial charge >= 0.3 is 0 Å². The second-order valence-electron chi connectivity index (χ2n) is 10.3. The van der Waals surface area contributed by atoms with E-state index >= 15 is 0 Å². The Hall–Kier alpha value is -0.120. The van der Waals surface area contributed by atoms with E-state index in [4.69, 9.17) is 0 Å². The van der Waals surface area contributed by atoms with Gasteiger partial charge in [0.25, 0.3) is 0 Å². The second kappa shape index (κ2) is 7.25.